The van der Waals surface area contributed by atoms with Crippen LogP contribution in [0.5, 0.6) is 0 Å². The van der Waals surface area contributed by atoms with Gasteiger partial charge in [0.1, 0.15) is 5.82 Å². The molecule has 3 heterocycles. The van der Waals surface area contributed by atoms with E-state index in [-0.39, 0.29) is 5.91 Å². The number of nitrogens with one attached hydrogen (secondary N) is 3. The Kier molecular flexibility index (Phi) is 5.46. The van der Waals surface area contributed by atoms with Gasteiger partial charge in [-0.2, -0.15) is 4.98 Å². The van der Waals surface area contributed by atoms with Crippen molar-refractivity contribution in [3.05, 3.63) is 72.1 Å². The number of rotatable bonds is 6. The highest BCUT2D eigenvalue weighted by molar-refractivity contribution is 5.95. The molecule has 1 aliphatic heterocycles. The van der Waals surface area contributed by atoms with Crippen LogP contribution in [-0.2, 0) is 11.2 Å². The third-order valence-electron chi connectivity index (χ3n) is 5.70. The number of aryl methyl sites for hydroxylation is 1. The van der Waals surface area contributed by atoms with Gasteiger partial charge in [-0.3, -0.25) is 4.79 Å². The Hall–Kier alpha value is -3.87. The first-order valence-electron chi connectivity index (χ1n) is 11.0. The van der Waals surface area contributed by atoms with Gasteiger partial charge in [-0.15, -0.1) is 0 Å². The molecule has 3 N–H and O–H groups in total. The summed E-state index contributed by atoms with van der Waals surface area (Å²) in [7, 11) is 0. The molecule has 1 amide bonds. The van der Waals surface area contributed by atoms with E-state index >= 15 is 0 Å². The molecular weight excluding hydrogens is 400 g/mol. The van der Waals surface area contributed by atoms with Crippen molar-refractivity contribution in [1.82, 2.24) is 15.0 Å². The van der Waals surface area contributed by atoms with Crippen LogP contribution in [0, 0.1) is 6.92 Å². The zero-order chi connectivity index (χ0) is 21.9. The minimum absolute atomic E-state index is 0.0443. The van der Waals surface area contributed by atoms with Gasteiger partial charge in [0.2, 0.25) is 11.9 Å². The number of hydrogen-bond donors (Lipinski definition) is 3. The number of para-hydroxylation sites is 1. The first kappa shape index (κ1) is 20.1. The SMILES string of the molecule is Cc1cc(Nc2ccc(NC(=O)Cc3c[nH]c4ccccc34)cc2)nc(N2CCCC2)n1. The Morgan fingerprint density at radius 3 is 2.59 bits per heavy atom. The van der Waals surface area contributed by atoms with E-state index in [9.17, 15) is 4.79 Å². The molecule has 2 aromatic heterocycles. The number of amides is 1. The molecular formula is C25H26N6O. The van der Waals surface area contributed by atoms with Crippen LogP contribution >= 0.6 is 0 Å². The topological polar surface area (TPSA) is 85.9 Å². The quantitative estimate of drug-likeness (QED) is 0.413. The molecule has 0 atom stereocenters. The van der Waals surface area contributed by atoms with Gasteiger partial charge in [0.15, 0.2) is 0 Å². The molecule has 7 heteroatoms. The van der Waals surface area contributed by atoms with Gasteiger partial charge in [0.05, 0.1) is 6.42 Å². The fourth-order valence-corrected chi connectivity index (χ4v) is 4.12. The highest BCUT2D eigenvalue weighted by Gasteiger charge is 2.16. The van der Waals surface area contributed by atoms with Crippen molar-refractivity contribution in [2.24, 2.45) is 0 Å². The van der Waals surface area contributed by atoms with Crippen molar-refractivity contribution in [2.75, 3.05) is 28.6 Å². The minimum Gasteiger partial charge on any atom is -0.361 e. The van der Waals surface area contributed by atoms with Gasteiger partial charge < -0.3 is 20.5 Å². The lowest BCUT2D eigenvalue weighted by molar-refractivity contribution is -0.115. The van der Waals surface area contributed by atoms with E-state index in [2.05, 4.69) is 30.5 Å². The van der Waals surface area contributed by atoms with Crippen molar-refractivity contribution in [3.63, 3.8) is 0 Å². The van der Waals surface area contributed by atoms with E-state index < -0.39 is 0 Å². The summed E-state index contributed by atoms with van der Waals surface area (Å²) in [6.07, 6.45) is 4.60. The number of nitrogens with zero attached hydrogens (tertiary/aromatic N) is 3. The molecule has 1 saturated heterocycles. The average Bonchev–Trinajstić information content (AvgIpc) is 3.46. The lowest BCUT2D eigenvalue weighted by Gasteiger charge is -2.17. The highest BCUT2D eigenvalue weighted by atomic mass is 16.1. The van der Waals surface area contributed by atoms with Gasteiger partial charge in [0, 0.05) is 53.3 Å². The minimum atomic E-state index is -0.0443. The van der Waals surface area contributed by atoms with Crippen LogP contribution in [0.1, 0.15) is 24.1 Å². The molecule has 4 aromatic rings. The fraction of sp³-hybridized carbons (Fsp3) is 0.240. The van der Waals surface area contributed by atoms with Crippen molar-refractivity contribution < 1.29 is 4.79 Å². The third kappa shape index (κ3) is 4.42. The molecule has 0 unspecified atom stereocenters. The predicted molar refractivity (Wildman–Crippen MR) is 129 cm³/mol. The summed E-state index contributed by atoms with van der Waals surface area (Å²) < 4.78 is 0. The fourth-order valence-electron chi connectivity index (χ4n) is 4.12. The van der Waals surface area contributed by atoms with Crippen molar-refractivity contribution in [2.45, 2.75) is 26.2 Å². The largest absolute Gasteiger partial charge is 0.361 e. The number of aromatic amines is 1. The molecule has 7 nitrogen and oxygen atoms in total. The maximum absolute atomic E-state index is 12.5. The third-order valence-corrected chi connectivity index (χ3v) is 5.70. The Morgan fingerprint density at radius 2 is 1.78 bits per heavy atom. The van der Waals surface area contributed by atoms with Crippen molar-refractivity contribution in [1.29, 1.82) is 0 Å². The standard InChI is InChI=1S/C25H26N6O/c1-17-14-23(30-25(27-17)31-12-4-5-13-31)28-19-8-10-20(11-9-19)29-24(32)15-18-16-26-22-7-3-2-6-21(18)22/h2-3,6-11,14,16,26H,4-5,12-13,15H2,1H3,(H,29,32)(H,27,28,30). The molecule has 0 aliphatic carbocycles. The molecule has 1 fully saturated rings. The van der Waals surface area contributed by atoms with Gasteiger partial charge in [-0.1, -0.05) is 18.2 Å². The number of carbonyl (C=O) groups excluding carboxylic acids is 1. The zero-order valence-corrected chi connectivity index (χ0v) is 18.1. The molecule has 0 bridgehead atoms. The number of benzene rings is 2. The summed E-state index contributed by atoms with van der Waals surface area (Å²) in [6, 6.07) is 17.6. The molecule has 5 rings (SSSR count). The number of hydrogen-bond acceptors (Lipinski definition) is 5. The maximum atomic E-state index is 12.5. The second kappa shape index (κ2) is 8.70. The molecule has 0 radical (unpaired) electrons. The number of aromatic nitrogens is 3. The molecule has 0 spiro atoms. The lowest BCUT2D eigenvalue weighted by Crippen LogP contribution is -2.21. The van der Waals surface area contributed by atoms with Gasteiger partial charge in [0.25, 0.3) is 0 Å². The molecule has 0 saturated carbocycles. The Balaban J connectivity index is 1.23. The summed E-state index contributed by atoms with van der Waals surface area (Å²) in [4.78, 5) is 27.2. The summed E-state index contributed by atoms with van der Waals surface area (Å²) in [5.74, 6) is 1.51. The summed E-state index contributed by atoms with van der Waals surface area (Å²) in [5.41, 5.74) is 4.63. The number of carbonyl (C=O) groups is 1. The Bertz CT molecular complexity index is 1240. The summed E-state index contributed by atoms with van der Waals surface area (Å²) in [6.45, 7) is 4.00. The molecule has 162 valence electrons. The lowest BCUT2D eigenvalue weighted by atomic mass is 10.1. The first-order chi connectivity index (χ1) is 15.6. The van der Waals surface area contributed by atoms with Crippen LogP contribution < -0.4 is 15.5 Å². The number of H-pyrrole nitrogens is 1. The van der Waals surface area contributed by atoms with E-state index in [1.165, 1.54) is 12.8 Å². The average molecular weight is 427 g/mol. The van der Waals surface area contributed by atoms with Crippen molar-refractivity contribution in [3.8, 4) is 0 Å². The second-order valence-electron chi connectivity index (χ2n) is 8.18. The van der Waals surface area contributed by atoms with Crippen LogP contribution in [-0.4, -0.2) is 33.9 Å². The van der Waals surface area contributed by atoms with Gasteiger partial charge in [-0.05, 0) is 55.7 Å². The Morgan fingerprint density at radius 1 is 1.03 bits per heavy atom. The van der Waals surface area contributed by atoms with E-state index in [4.69, 9.17) is 0 Å². The normalized spacial score (nSPS) is 13.5. The number of fused-ring (bicyclic) bond motifs is 1. The summed E-state index contributed by atoms with van der Waals surface area (Å²) >= 11 is 0. The van der Waals surface area contributed by atoms with E-state index in [0.29, 0.717) is 6.42 Å². The summed E-state index contributed by atoms with van der Waals surface area (Å²) in [5, 5.41) is 7.41. The van der Waals surface area contributed by atoms with E-state index in [1.807, 2.05) is 67.7 Å². The van der Waals surface area contributed by atoms with E-state index in [0.717, 1.165) is 58.4 Å². The van der Waals surface area contributed by atoms with E-state index in [1.54, 1.807) is 0 Å². The first-order valence-corrected chi connectivity index (χ1v) is 11.0. The highest BCUT2D eigenvalue weighted by Crippen LogP contribution is 2.23. The molecule has 32 heavy (non-hydrogen) atoms. The van der Waals surface area contributed by atoms with Crippen molar-refractivity contribution >= 4 is 40.0 Å². The maximum Gasteiger partial charge on any atom is 0.228 e. The Labute approximate surface area is 186 Å². The van der Waals surface area contributed by atoms with Crippen LogP contribution in [0.25, 0.3) is 10.9 Å². The van der Waals surface area contributed by atoms with Crippen LogP contribution in [0.3, 0.4) is 0 Å². The monoisotopic (exact) mass is 426 g/mol. The predicted octanol–water partition coefficient (Wildman–Crippen LogP) is 4.79. The zero-order valence-electron chi connectivity index (χ0n) is 18.1. The van der Waals surface area contributed by atoms with Crippen LogP contribution in [0.4, 0.5) is 23.1 Å². The van der Waals surface area contributed by atoms with Gasteiger partial charge >= 0.3 is 0 Å². The molecule has 2 aromatic carbocycles. The van der Waals surface area contributed by atoms with Crippen LogP contribution in [0.2, 0.25) is 0 Å². The molecule has 1 aliphatic rings. The van der Waals surface area contributed by atoms with Crippen LogP contribution in [0.15, 0.2) is 60.8 Å². The second-order valence-corrected chi connectivity index (χ2v) is 8.18. The smallest absolute Gasteiger partial charge is 0.228 e. The number of anilines is 4. The van der Waals surface area contributed by atoms with Gasteiger partial charge in [-0.25, -0.2) is 4.98 Å².